The lowest BCUT2D eigenvalue weighted by atomic mass is 10.1. The smallest absolute Gasteiger partial charge is 0.260 e. The maximum absolute atomic E-state index is 13.7. The van der Waals surface area contributed by atoms with Gasteiger partial charge in [0.25, 0.3) is 5.91 Å². The fraction of sp³-hybridized carbons (Fsp3) is 0.130. The lowest BCUT2D eigenvalue weighted by molar-refractivity contribution is 0.0984. The van der Waals surface area contributed by atoms with E-state index in [0.29, 0.717) is 17.2 Å². The standard InChI is InChI=1S/C23H19FN2OS/c1-15-11-16(2)21-20(12-15)28-23(25-21)26(14-17-7-4-3-5-8-17)22(27)18-9-6-10-19(24)13-18/h3-13H,14H2,1-2H3. The summed E-state index contributed by atoms with van der Waals surface area (Å²) < 4.78 is 14.7. The van der Waals surface area contributed by atoms with Gasteiger partial charge in [-0.15, -0.1) is 0 Å². The van der Waals surface area contributed by atoms with Gasteiger partial charge < -0.3 is 0 Å². The van der Waals surface area contributed by atoms with Gasteiger partial charge in [0.15, 0.2) is 5.13 Å². The number of thiazole rings is 1. The van der Waals surface area contributed by atoms with Crippen molar-refractivity contribution in [2.45, 2.75) is 20.4 Å². The molecule has 4 rings (SSSR count). The molecule has 0 spiro atoms. The molecule has 5 heteroatoms. The van der Waals surface area contributed by atoms with Gasteiger partial charge in [-0.3, -0.25) is 9.69 Å². The predicted molar refractivity (Wildman–Crippen MR) is 112 cm³/mol. The number of fused-ring (bicyclic) bond motifs is 1. The van der Waals surface area contributed by atoms with Crippen molar-refractivity contribution in [1.29, 1.82) is 0 Å². The third-order valence-corrected chi connectivity index (χ3v) is 5.58. The number of carbonyl (C=O) groups is 1. The van der Waals surface area contributed by atoms with Crippen LogP contribution in [0.2, 0.25) is 0 Å². The second kappa shape index (κ2) is 7.52. The van der Waals surface area contributed by atoms with E-state index in [-0.39, 0.29) is 5.91 Å². The Morgan fingerprint density at radius 3 is 2.57 bits per heavy atom. The van der Waals surface area contributed by atoms with Crippen LogP contribution in [0.15, 0.2) is 66.7 Å². The number of benzene rings is 3. The van der Waals surface area contributed by atoms with Crippen molar-refractivity contribution in [2.24, 2.45) is 0 Å². The zero-order valence-electron chi connectivity index (χ0n) is 15.6. The van der Waals surface area contributed by atoms with Crippen LogP contribution < -0.4 is 4.90 Å². The molecule has 0 radical (unpaired) electrons. The molecule has 140 valence electrons. The molecule has 4 aromatic rings. The molecule has 0 aliphatic heterocycles. The lowest BCUT2D eigenvalue weighted by Gasteiger charge is -2.20. The number of nitrogens with zero attached hydrogens (tertiary/aromatic N) is 2. The Labute approximate surface area is 167 Å². The second-order valence-corrected chi connectivity index (χ2v) is 7.82. The molecule has 0 aliphatic rings. The summed E-state index contributed by atoms with van der Waals surface area (Å²) in [7, 11) is 0. The number of hydrogen-bond donors (Lipinski definition) is 0. The summed E-state index contributed by atoms with van der Waals surface area (Å²) in [5, 5.41) is 0.613. The van der Waals surface area contributed by atoms with E-state index >= 15 is 0 Å². The number of carbonyl (C=O) groups excluding carboxylic acids is 1. The fourth-order valence-corrected chi connectivity index (χ4v) is 4.38. The van der Waals surface area contributed by atoms with Gasteiger partial charge in [0, 0.05) is 5.56 Å². The van der Waals surface area contributed by atoms with E-state index in [0.717, 1.165) is 26.9 Å². The van der Waals surface area contributed by atoms with E-state index < -0.39 is 5.82 Å². The molecule has 3 nitrogen and oxygen atoms in total. The normalized spacial score (nSPS) is 11.0. The summed E-state index contributed by atoms with van der Waals surface area (Å²) in [6.07, 6.45) is 0. The first kappa shape index (κ1) is 18.3. The van der Waals surface area contributed by atoms with Gasteiger partial charge in [0.2, 0.25) is 0 Å². The van der Waals surface area contributed by atoms with Crippen LogP contribution in [0.3, 0.4) is 0 Å². The minimum atomic E-state index is -0.429. The molecule has 0 fully saturated rings. The van der Waals surface area contributed by atoms with Crippen LogP contribution in [0.5, 0.6) is 0 Å². The van der Waals surface area contributed by atoms with Crippen molar-refractivity contribution in [3.05, 3.63) is 94.8 Å². The number of halogens is 1. The maximum Gasteiger partial charge on any atom is 0.260 e. The highest BCUT2D eigenvalue weighted by molar-refractivity contribution is 7.22. The third-order valence-electron chi connectivity index (χ3n) is 4.55. The first-order chi connectivity index (χ1) is 13.5. The SMILES string of the molecule is Cc1cc(C)c2nc(N(Cc3ccccc3)C(=O)c3cccc(F)c3)sc2c1. The molecule has 1 amide bonds. The van der Waals surface area contributed by atoms with E-state index in [9.17, 15) is 9.18 Å². The van der Waals surface area contributed by atoms with Crippen molar-refractivity contribution < 1.29 is 9.18 Å². The van der Waals surface area contributed by atoms with E-state index in [2.05, 4.69) is 12.1 Å². The van der Waals surface area contributed by atoms with Gasteiger partial charge in [-0.25, -0.2) is 9.37 Å². The molecule has 3 aromatic carbocycles. The fourth-order valence-electron chi connectivity index (χ4n) is 3.24. The Kier molecular flexibility index (Phi) is 4.92. The summed E-state index contributed by atoms with van der Waals surface area (Å²) in [6, 6.07) is 19.7. The van der Waals surface area contributed by atoms with Crippen LogP contribution in [0.1, 0.15) is 27.0 Å². The first-order valence-corrected chi connectivity index (χ1v) is 9.82. The molecular formula is C23H19FN2OS. The van der Waals surface area contributed by atoms with Gasteiger partial charge in [-0.05, 0) is 54.8 Å². The summed E-state index contributed by atoms with van der Waals surface area (Å²) in [6.45, 7) is 4.44. The number of anilines is 1. The molecule has 0 N–H and O–H groups in total. The first-order valence-electron chi connectivity index (χ1n) is 9.00. The number of aromatic nitrogens is 1. The zero-order valence-corrected chi connectivity index (χ0v) is 16.5. The molecule has 0 unspecified atom stereocenters. The monoisotopic (exact) mass is 390 g/mol. The Hall–Kier alpha value is -3.05. The molecule has 0 atom stereocenters. The summed E-state index contributed by atoms with van der Waals surface area (Å²) in [4.78, 5) is 19.6. The van der Waals surface area contributed by atoms with Crippen LogP contribution >= 0.6 is 11.3 Å². The highest BCUT2D eigenvalue weighted by atomic mass is 32.1. The highest BCUT2D eigenvalue weighted by Crippen LogP contribution is 2.33. The third kappa shape index (κ3) is 3.66. The average Bonchev–Trinajstić information content (AvgIpc) is 3.10. The van der Waals surface area contributed by atoms with Crippen molar-refractivity contribution >= 4 is 32.6 Å². The van der Waals surface area contributed by atoms with E-state index in [1.165, 1.54) is 23.5 Å². The van der Waals surface area contributed by atoms with Crippen molar-refractivity contribution in [3.8, 4) is 0 Å². The van der Waals surface area contributed by atoms with Gasteiger partial charge in [-0.1, -0.05) is 53.8 Å². The predicted octanol–water partition coefficient (Wildman–Crippen LogP) is 5.90. The molecule has 0 saturated heterocycles. The van der Waals surface area contributed by atoms with Gasteiger partial charge >= 0.3 is 0 Å². The van der Waals surface area contributed by atoms with E-state index in [1.807, 2.05) is 44.2 Å². The quantitative estimate of drug-likeness (QED) is 0.435. The van der Waals surface area contributed by atoms with Crippen LogP contribution in [0, 0.1) is 19.7 Å². The molecule has 28 heavy (non-hydrogen) atoms. The van der Waals surface area contributed by atoms with Crippen LogP contribution in [-0.4, -0.2) is 10.9 Å². The molecule has 1 heterocycles. The topological polar surface area (TPSA) is 33.2 Å². The zero-order chi connectivity index (χ0) is 19.7. The largest absolute Gasteiger partial charge is 0.279 e. The molecule has 1 aromatic heterocycles. The lowest BCUT2D eigenvalue weighted by Crippen LogP contribution is -2.30. The Morgan fingerprint density at radius 1 is 1.04 bits per heavy atom. The summed E-state index contributed by atoms with van der Waals surface area (Å²) >= 11 is 1.48. The maximum atomic E-state index is 13.7. The molecular weight excluding hydrogens is 371 g/mol. The molecule has 0 bridgehead atoms. The summed E-state index contributed by atoms with van der Waals surface area (Å²) in [5.74, 6) is -0.696. The number of amides is 1. The second-order valence-electron chi connectivity index (χ2n) is 6.81. The van der Waals surface area contributed by atoms with Crippen molar-refractivity contribution in [1.82, 2.24) is 4.98 Å². The highest BCUT2D eigenvalue weighted by Gasteiger charge is 2.22. The Balaban J connectivity index is 1.80. The number of rotatable bonds is 4. The summed E-state index contributed by atoms with van der Waals surface area (Å²) in [5.41, 5.74) is 4.43. The Morgan fingerprint density at radius 2 is 1.82 bits per heavy atom. The van der Waals surface area contributed by atoms with E-state index in [4.69, 9.17) is 4.98 Å². The van der Waals surface area contributed by atoms with Crippen molar-refractivity contribution in [2.75, 3.05) is 4.90 Å². The Bertz CT molecular complexity index is 1150. The van der Waals surface area contributed by atoms with Gasteiger partial charge in [0.05, 0.1) is 16.8 Å². The van der Waals surface area contributed by atoms with Gasteiger partial charge in [0.1, 0.15) is 5.82 Å². The molecule has 0 saturated carbocycles. The number of hydrogen-bond acceptors (Lipinski definition) is 3. The van der Waals surface area contributed by atoms with E-state index in [1.54, 1.807) is 17.0 Å². The van der Waals surface area contributed by atoms with Crippen LogP contribution in [0.25, 0.3) is 10.2 Å². The van der Waals surface area contributed by atoms with Crippen LogP contribution in [0.4, 0.5) is 9.52 Å². The minimum absolute atomic E-state index is 0.267. The number of aryl methyl sites for hydroxylation is 2. The average molecular weight is 390 g/mol. The van der Waals surface area contributed by atoms with Crippen molar-refractivity contribution in [3.63, 3.8) is 0 Å². The van der Waals surface area contributed by atoms with Crippen LogP contribution in [-0.2, 0) is 6.54 Å². The minimum Gasteiger partial charge on any atom is -0.279 e. The molecule has 0 aliphatic carbocycles. The van der Waals surface area contributed by atoms with Gasteiger partial charge in [-0.2, -0.15) is 0 Å².